The lowest BCUT2D eigenvalue weighted by molar-refractivity contribution is 0.247. The van der Waals surface area contributed by atoms with Crippen LogP contribution in [0.2, 0.25) is 5.02 Å². The standard InChI is InChI=1S/C23H28ClN5O/c1-18-8-9-25-22(16-18)27-14-12-26(13-15-27)10-3-11-28-23(30)17-19(2)29(28)21-6-4-20(24)5-7-21/h4-9,16-17H,3,10-15H2,1-2H3. The first-order chi connectivity index (χ1) is 14.5. The first-order valence-corrected chi connectivity index (χ1v) is 10.8. The van der Waals surface area contributed by atoms with Gasteiger partial charge in [0.05, 0.1) is 5.69 Å². The Labute approximate surface area is 182 Å². The van der Waals surface area contributed by atoms with E-state index in [1.165, 1.54) is 5.56 Å². The average molecular weight is 426 g/mol. The zero-order chi connectivity index (χ0) is 21.1. The van der Waals surface area contributed by atoms with Crippen LogP contribution in [0.5, 0.6) is 0 Å². The van der Waals surface area contributed by atoms with Crippen LogP contribution in [0.15, 0.2) is 53.5 Å². The van der Waals surface area contributed by atoms with Gasteiger partial charge in [0.2, 0.25) is 0 Å². The number of halogens is 1. The van der Waals surface area contributed by atoms with Gasteiger partial charge in [0.15, 0.2) is 0 Å². The van der Waals surface area contributed by atoms with Crippen LogP contribution < -0.4 is 10.5 Å². The number of hydrogen-bond donors (Lipinski definition) is 0. The summed E-state index contributed by atoms with van der Waals surface area (Å²) in [5.74, 6) is 1.07. The van der Waals surface area contributed by atoms with E-state index in [9.17, 15) is 4.79 Å². The normalized spacial score (nSPS) is 15.0. The molecule has 1 fully saturated rings. The summed E-state index contributed by atoms with van der Waals surface area (Å²) in [5.41, 5.74) is 3.17. The Morgan fingerprint density at radius 3 is 2.40 bits per heavy atom. The smallest absolute Gasteiger partial charge is 0.267 e. The lowest BCUT2D eigenvalue weighted by Gasteiger charge is -2.35. The van der Waals surface area contributed by atoms with Gasteiger partial charge >= 0.3 is 0 Å². The molecule has 1 saturated heterocycles. The van der Waals surface area contributed by atoms with Crippen LogP contribution in [-0.2, 0) is 6.54 Å². The molecule has 4 rings (SSSR count). The zero-order valence-corrected chi connectivity index (χ0v) is 18.3. The van der Waals surface area contributed by atoms with E-state index in [1.807, 2.05) is 52.8 Å². The third-order valence-electron chi connectivity index (χ3n) is 5.68. The van der Waals surface area contributed by atoms with E-state index in [1.54, 1.807) is 6.07 Å². The minimum atomic E-state index is 0.0396. The molecule has 0 bridgehead atoms. The van der Waals surface area contributed by atoms with E-state index < -0.39 is 0 Å². The van der Waals surface area contributed by atoms with Gasteiger partial charge in [-0.15, -0.1) is 0 Å². The van der Waals surface area contributed by atoms with Crippen molar-refractivity contribution in [3.63, 3.8) is 0 Å². The van der Waals surface area contributed by atoms with Gasteiger partial charge in [-0.05, 0) is 62.2 Å². The molecular weight excluding hydrogens is 398 g/mol. The van der Waals surface area contributed by atoms with Crippen LogP contribution in [0.1, 0.15) is 17.7 Å². The molecule has 30 heavy (non-hydrogen) atoms. The highest BCUT2D eigenvalue weighted by molar-refractivity contribution is 6.30. The SMILES string of the molecule is Cc1ccnc(N2CCN(CCCn3c(=O)cc(C)n3-c3ccc(Cl)cc3)CC2)c1. The molecule has 3 aromatic rings. The van der Waals surface area contributed by atoms with Gasteiger partial charge in [0.1, 0.15) is 5.82 Å². The molecule has 7 heteroatoms. The number of benzene rings is 1. The van der Waals surface area contributed by atoms with E-state index in [0.717, 1.165) is 56.3 Å². The van der Waals surface area contributed by atoms with E-state index in [0.29, 0.717) is 11.6 Å². The van der Waals surface area contributed by atoms with Gasteiger partial charge in [0.25, 0.3) is 5.56 Å². The average Bonchev–Trinajstić information content (AvgIpc) is 3.02. The molecule has 0 spiro atoms. The number of aryl methyl sites for hydroxylation is 2. The maximum absolute atomic E-state index is 12.5. The number of nitrogens with zero attached hydrogens (tertiary/aromatic N) is 5. The molecule has 0 aliphatic carbocycles. The minimum absolute atomic E-state index is 0.0396. The fourth-order valence-corrected chi connectivity index (χ4v) is 4.20. The highest BCUT2D eigenvalue weighted by Gasteiger charge is 2.18. The predicted molar refractivity (Wildman–Crippen MR) is 122 cm³/mol. The summed E-state index contributed by atoms with van der Waals surface area (Å²) >= 11 is 6.02. The maximum Gasteiger partial charge on any atom is 0.267 e. The van der Waals surface area contributed by atoms with Crippen molar-refractivity contribution in [1.82, 2.24) is 19.2 Å². The van der Waals surface area contributed by atoms with Crippen molar-refractivity contribution in [2.75, 3.05) is 37.6 Å². The third-order valence-corrected chi connectivity index (χ3v) is 5.93. The molecule has 6 nitrogen and oxygen atoms in total. The second-order valence-electron chi connectivity index (χ2n) is 7.91. The van der Waals surface area contributed by atoms with Gasteiger partial charge < -0.3 is 4.90 Å². The summed E-state index contributed by atoms with van der Waals surface area (Å²) in [6, 6.07) is 13.5. The zero-order valence-electron chi connectivity index (χ0n) is 17.6. The summed E-state index contributed by atoms with van der Waals surface area (Å²) < 4.78 is 3.81. The fourth-order valence-electron chi connectivity index (χ4n) is 4.08. The summed E-state index contributed by atoms with van der Waals surface area (Å²) in [7, 11) is 0. The van der Waals surface area contributed by atoms with Crippen molar-refractivity contribution in [2.45, 2.75) is 26.8 Å². The van der Waals surface area contributed by atoms with E-state index >= 15 is 0 Å². The number of rotatable bonds is 6. The molecule has 0 radical (unpaired) electrons. The van der Waals surface area contributed by atoms with Crippen LogP contribution in [0.4, 0.5) is 5.82 Å². The van der Waals surface area contributed by atoms with E-state index in [2.05, 4.69) is 27.8 Å². The molecule has 1 aliphatic rings. The second kappa shape index (κ2) is 9.06. The summed E-state index contributed by atoms with van der Waals surface area (Å²) in [6.45, 7) is 9.73. The van der Waals surface area contributed by atoms with E-state index in [-0.39, 0.29) is 5.56 Å². The minimum Gasteiger partial charge on any atom is -0.354 e. The lowest BCUT2D eigenvalue weighted by atomic mass is 10.2. The summed E-state index contributed by atoms with van der Waals surface area (Å²) in [5, 5.41) is 0.692. The Morgan fingerprint density at radius 2 is 1.70 bits per heavy atom. The van der Waals surface area contributed by atoms with Crippen molar-refractivity contribution in [2.24, 2.45) is 0 Å². The summed E-state index contributed by atoms with van der Waals surface area (Å²) in [6.07, 6.45) is 2.81. The first-order valence-electron chi connectivity index (χ1n) is 10.5. The quantitative estimate of drug-likeness (QED) is 0.606. The molecule has 3 heterocycles. The monoisotopic (exact) mass is 425 g/mol. The van der Waals surface area contributed by atoms with Crippen LogP contribution >= 0.6 is 11.6 Å². The Morgan fingerprint density at radius 1 is 0.967 bits per heavy atom. The molecule has 1 aliphatic heterocycles. The first kappa shape index (κ1) is 20.7. The molecule has 1 aromatic carbocycles. The predicted octanol–water partition coefficient (Wildman–Crippen LogP) is 3.52. The van der Waals surface area contributed by atoms with Crippen molar-refractivity contribution < 1.29 is 0 Å². The maximum atomic E-state index is 12.5. The Bertz CT molecular complexity index is 1050. The van der Waals surface area contributed by atoms with Gasteiger partial charge in [0, 0.05) is 62.2 Å². The molecule has 0 atom stereocenters. The van der Waals surface area contributed by atoms with Gasteiger partial charge in [-0.25, -0.2) is 9.67 Å². The Kier molecular flexibility index (Phi) is 6.25. The Balaban J connectivity index is 1.34. The van der Waals surface area contributed by atoms with Crippen molar-refractivity contribution in [1.29, 1.82) is 0 Å². The number of anilines is 1. The van der Waals surface area contributed by atoms with Crippen LogP contribution in [-0.4, -0.2) is 52.0 Å². The molecule has 0 saturated carbocycles. The molecule has 158 valence electrons. The Hall–Kier alpha value is -2.57. The lowest BCUT2D eigenvalue weighted by Crippen LogP contribution is -2.47. The molecular formula is C23H28ClN5O. The third kappa shape index (κ3) is 4.60. The topological polar surface area (TPSA) is 46.3 Å². The number of pyridine rings is 1. The largest absolute Gasteiger partial charge is 0.354 e. The van der Waals surface area contributed by atoms with Crippen molar-refractivity contribution in [3.8, 4) is 5.69 Å². The highest BCUT2D eigenvalue weighted by atomic mass is 35.5. The second-order valence-corrected chi connectivity index (χ2v) is 8.35. The van der Waals surface area contributed by atoms with Crippen LogP contribution in [0, 0.1) is 13.8 Å². The molecule has 0 amide bonds. The van der Waals surface area contributed by atoms with Gasteiger partial charge in [-0.3, -0.25) is 14.4 Å². The summed E-state index contributed by atoms with van der Waals surface area (Å²) in [4.78, 5) is 21.8. The van der Waals surface area contributed by atoms with Crippen LogP contribution in [0.3, 0.4) is 0 Å². The number of piperazine rings is 1. The van der Waals surface area contributed by atoms with Gasteiger partial charge in [-0.1, -0.05) is 11.6 Å². The fraction of sp³-hybridized carbons (Fsp3) is 0.391. The van der Waals surface area contributed by atoms with Crippen molar-refractivity contribution in [3.05, 3.63) is 75.3 Å². The van der Waals surface area contributed by atoms with E-state index in [4.69, 9.17) is 11.6 Å². The number of hydrogen-bond acceptors (Lipinski definition) is 4. The highest BCUT2D eigenvalue weighted by Crippen LogP contribution is 2.16. The van der Waals surface area contributed by atoms with Crippen molar-refractivity contribution >= 4 is 17.4 Å². The molecule has 0 N–H and O–H groups in total. The van der Waals surface area contributed by atoms with Gasteiger partial charge in [-0.2, -0.15) is 0 Å². The molecule has 0 unspecified atom stereocenters. The van der Waals surface area contributed by atoms with Crippen LogP contribution in [0.25, 0.3) is 5.69 Å². The number of aromatic nitrogens is 3. The molecule has 2 aromatic heterocycles.